The van der Waals surface area contributed by atoms with Gasteiger partial charge in [-0.25, -0.2) is 0 Å². The fourth-order valence-electron chi connectivity index (χ4n) is 1.76. The van der Waals surface area contributed by atoms with Crippen LogP contribution in [-0.4, -0.2) is 18.6 Å². The summed E-state index contributed by atoms with van der Waals surface area (Å²) in [4.78, 5) is 11.8. The Balaban J connectivity index is 0.00000162. The van der Waals surface area contributed by atoms with E-state index in [1.54, 1.807) is 0 Å². The molecule has 18 heavy (non-hydrogen) atoms. The van der Waals surface area contributed by atoms with Crippen molar-refractivity contribution in [2.75, 3.05) is 11.9 Å². The van der Waals surface area contributed by atoms with Crippen molar-refractivity contribution >= 4 is 24.0 Å². The first-order valence-electron chi connectivity index (χ1n) is 5.90. The van der Waals surface area contributed by atoms with E-state index in [0.29, 0.717) is 0 Å². The van der Waals surface area contributed by atoms with Crippen LogP contribution < -0.4 is 15.8 Å². The lowest BCUT2D eigenvalue weighted by Crippen LogP contribution is -2.34. The van der Waals surface area contributed by atoms with Gasteiger partial charge in [0.05, 0.1) is 12.5 Å². The molecule has 1 aliphatic heterocycles. The summed E-state index contributed by atoms with van der Waals surface area (Å²) in [6.45, 7) is 4.39. The van der Waals surface area contributed by atoms with Crippen LogP contribution in [0.25, 0.3) is 0 Å². The summed E-state index contributed by atoms with van der Waals surface area (Å²) in [6.07, 6.45) is 0.905. The van der Waals surface area contributed by atoms with Crippen LogP contribution in [0.4, 0.5) is 5.69 Å². The van der Waals surface area contributed by atoms with Crippen molar-refractivity contribution in [3.8, 4) is 5.75 Å². The number of anilines is 1. The van der Waals surface area contributed by atoms with Crippen molar-refractivity contribution in [1.29, 1.82) is 0 Å². The molecule has 4 nitrogen and oxygen atoms in total. The highest BCUT2D eigenvalue weighted by atomic mass is 35.5. The molecule has 0 saturated heterocycles. The Morgan fingerprint density at radius 1 is 1.44 bits per heavy atom. The molecule has 100 valence electrons. The highest BCUT2D eigenvalue weighted by molar-refractivity contribution is 5.92. The second-order valence-corrected chi connectivity index (χ2v) is 4.56. The van der Waals surface area contributed by atoms with Gasteiger partial charge in [-0.05, 0) is 30.7 Å². The number of rotatable bonds is 3. The van der Waals surface area contributed by atoms with Crippen LogP contribution in [0.5, 0.6) is 5.75 Å². The van der Waals surface area contributed by atoms with E-state index < -0.39 is 0 Å². The number of amides is 1. The Bertz CT molecular complexity index is 435. The van der Waals surface area contributed by atoms with Crippen molar-refractivity contribution in [3.05, 3.63) is 23.8 Å². The summed E-state index contributed by atoms with van der Waals surface area (Å²) in [5.74, 6) is 0.682. The minimum Gasteiger partial charge on any atom is -0.493 e. The molecule has 1 aliphatic rings. The van der Waals surface area contributed by atoms with Crippen molar-refractivity contribution in [2.24, 2.45) is 11.7 Å². The lowest BCUT2D eigenvalue weighted by atomic mass is 10.0. The van der Waals surface area contributed by atoms with E-state index >= 15 is 0 Å². The van der Waals surface area contributed by atoms with Gasteiger partial charge >= 0.3 is 0 Å². The molecular weight excluding hydrogens is 252 g/mol. The van der Waals surface area contributed by atoms with Gasteiger partial charge in [0, 0.05) is 18.2 Å². The van der Waals surface area contributed by atoms with Gasteiger partial charge in [-0.15, -0.1) is 12.4 Å². The first-order chi connectivity index (χ1) is 8.08. The molecule has 2 unspecified atom stereocenters. The Labute approximate surface area is 113 Å². The van der Waals surface area contributed by atoms with E-state index in [0.717, 1.165) is 30.0 Å². The quantitative estimate of drug-likeness (QED) is 0.883. The zero-order chi connectivity index (χ0) is 12.4. The highest BCUT2D eigenvalue weighted by Crippen LogP contribution is 2.28. The maximum absolute atomic E-state index is 11.8. The molecule has 1 amide bonds. The Hall–Kier alpha value is -1.26. The number of hydrogen-bond donors (Lipinski definition) is 2. The number of carbonyl (C=O) groups excluding carboxylic acids is 1. The topological polar surface area (TPSA) is 64.4 Å². The Morgan fingerprint density at radius 2 is 2.17 bits per heavy atom. The zero-order valence-corrected chi connectivity index (χ0v) is 11.4. The molecule has 2 rings (SSSR count). The maximum atomic E-state index is 11.8. The Kier molecular flexibility index (Phi) is 4.99. The number of ether oxygens (including phenoxy) is 1. The number of hydrogen-bond acceptors (Lipinski definition) is 3. The summed E-state index contributed by atoms with van der Waals surface area (Å²) in [5.41, 5.74) is 7.66. The maximum Gasteiger partial charge on any atom is 0.228 e. The first-order valence-corrected chi connectivity index (χ1v) is 5.90. The van der Waals surface area contributed by atoms with Crippen LogP contribution >= 0.6 is 12.4 Å². The molecule has 0 aliphatic carbocycles. The lowest BCUT2D eigenvalue weighted by Gasteiger charge is -2.15. The summed E-state index contributed by atoms with van der Waals surface area (Å²) in [5, 5.41) is 2.88. The van der Waals surface area contributed by atoms with Crippen LogP contribution in [0.1, 0.15) is 19.4 Å². The number of carbonyl (C=O) groups is 1. The minimum absolute atomic E-state index is 0. The van der Waals surface area contributed by atoms with E-state index in [2.05, 4.69) is 5.32 Å². The molecule has 0 aromatic heterocycles. The predicted octanol–water partition coefficient (Wildman–Crippen LogP) is 1.97. The summed E-state index contributed by atoms with van der Waals surface area (Å²) in [6, 6.07) is 5.58. The van der Waals surface area contributed by atoms with Crippen LogP contribution in [0, 0.1) is 5.92 Å². The number of benzene rings is 1. The van der Waals surface area contributed by atoms with Crippen molar-refractivity contribution in [2.45, 2.75) is 26.3 Å². The van der Waals surface area contributed by atoms with Gasteiger partial charge in [0.15, 0.2) is 0 Å². The fraction of sp³-hybridized carbons (Fsp3) is 0.462. The van der Waals surface area contributed by atoms with Gasteiger partial charge in [-0.2, -0.15) is 0 Å². The summed E-state index contributed by atoms with van der Waals surface area (Å²) >= 11 is 0. The van der Waals surface area contributed by atoms with Crippen molar-refractivity contribution < 1.29 is 9.53 Å². The monoisotopic (exact) mass is 270 g/mol. The van der Waals surface area contributed by atoms with Crippen LogP contribution in [0.2, 0.25) is 0 Å². The zero-order valence-electron chi connectivity index (χ0n) is 10.6. The third-order valence-electron chi connectivity index (χ3n) is 3.16. The van der Waals surface area contributed by atoms with Gasteiger partial charge < -0.3 is 15.8 Å². The van der Waals surface area contributed by atoms with Crippen LogP contribution in [0.3, 0.4) is 0 Å². The second kappa shape index (κ2) is 6.07. The largest absolute Gasteiger partial charge is 0.493 e. The third kappa shape index (κ3) is 3.15. The molecule has 1 aromatic carbocycles. The molecule has 0 spiro atoms. The molecule has 1 heterocycles. The van der Waals surface area contributed by atoms with E-state index in [1.807, 2.05) is 32.0 Å². The summed E-state index contributed by atoms with van der Waals surface area (Å²) in [7, 11) is 0. The SMILES string of the molecule is CC(N)C(C)C(=O)Nc1ccc2c(c1)CCO2.Cl. The molecule has 1 aromatic rings. The predicted molar refractivity (Wildman–Crippen MR) is 74.3 cm³/mol. The van der Waals surface area contributed by atoms with Crippen molar-refractivity contribution in [3.63, 3.8) is 0 Å². The second-order valence-electron chi connectivity index (χ2n) is 4.56. The fourth-order valence-corrected chi connectivity index (χ4v) is 1.76. The number of halogens is 1. The molecule has 5 heteroatoms. The molecule has 2 atom stereocenters. The van der Waals surface area contributed by atoms with E-state index in [-0.39, 0.29) is 30.3 Å². The third-order valence-corrected chi connectivity index (χ3v) is 3.16. The number of nitrogens with two attached hydrogens (primary N) is 1. The highest BCUT2D eigenvalue weighted by Gasteiger charge is 2.18. The molecule has 0 fully saturated rings. The standard InChI is InChI=1S/C13H18N2O2.ClH/c1-8(9(2)14)13(16)15-11-3-4-12-10(7-11)5-6-17-12;/h3-4,7-9H,5-6,14H2,1-2H3,(H,15,16);1H. The smallest absolute Gasteiger partial charge is 0.228 e. The van der Waals surface area contributed by atoms with Gasteiger partial charge in [-0.1, -0.05) is 6.92 Å². The minimum atomic E-state index is -0.195. The van der Waals surface area contributed by atoms with E-state index in [9.17, 15) is 4.79 Å². The van der Waals surface area contributed by atoms with Crippen molar-refractivity contribution in [1.82, 2.24) is 0 Å². The summed E-state index contributed by atoms with van der Waals surface area (Å²) < 4.78 is 5.41. The lowest BCUT2D eigenvalue weighted by molar-refractivity contribution is -0.119. The first kappa shape index (κ1) is 14.8. The number of nitrogens with one attached hydrogen (secondary N) is 1. The molecule has 0 bridgehead atoms. The van der Waals surface area contributed by atoms with E-state index in [4.69, 9.17) is 10.5 Å². The van der Waals surface area contributed by atoms with E-state index in [1.165, 1.54) is 0 Å². The van der Waals surface area contributed by atoms with Gasteiger partial charge in [0.1, 0.15) is 5.75 Å². The average molecular weight is 271 g/mol. The average Bonchev–Trinajstić information content (AvgIpc) is 2.74. The van der Waals surface area contributed by atoms with Crippen LogP contribution in [0.15, 0.2) is 18.2 Å². The number of fused-ring (bicyclic) bond motifs is 1. The van der Waals surface area contributed by atoms with Gasteiger partial charge in [0.25, 0.3) is 0 Å². The molecular formula is C13H19ClN2O2. The Morgan fingerprint density at radius 3 is 2.83 bits per heavy atom. The van der Waals surface area contributed by atoms with Crippen LogP contribution in [-0.2, 0) is 11.2 Å². The molecule has 0 saturated carbocycles. The van der Waals surface area contributed by atoms with Gasteiger partial charge in [0.2, 0.25) is 5.91 Å². The van der Waals surface area contributed by atoms with Gasteiger partial charge in [-0.3, -0.25) is 4.79 Å². The normalized spacial score (nSPS) is 15.9. The molecule has 3 N–H and O–H groups in total. The molecule has 0 radical (unpaired) electrons.